The lowest BCUT2D eigenvalue weighted by Gasteiger charge is -2.35. The largest absolute Gasteiger partial charge is 0.392 e. The molecule has 1 saturated heterocycles. The standard InChI is InChI=1S/C13H25NO2/c1-13(11(15)5-6-12(13)16)7-10-14-8-3-2-4-9-14/h11-12,15-16H,2-10H2,1H3. The summed E-state index contributed by atoms with van der Waals surface area (Å²) in [4.78, 5) is 2.48. The normalized spacial score (nSPS) is 41.4. The molecule has 94 valence electrons. The molecule has 3 nitrogen and oxygen atoms in total. The molecule has 0 amide bonds. The minimum Gasteiger partial charge on any atom is -0.392 e. The van der Waals surface area contributed by atoms with Gasteiger partial charge >= 0.3 is 0 Å². The summed E-state index contributed by atoms with van der Waals surface area (Å²) in [5.41, 5.74) is -0.266. The highest BCUT2D eigenvalue weighted by Gasteiger charge is 2.44. The number of likely N-dealkylation sites (tertiary alicyclic amines) is 1. The Labute approximate surface area is 98.5 Å². The van der Waals surface area contributed by atoms with E-state index < -0.39 is 0 Å². The third kappa shape index (κ3) is 2.41. The van der Waals surface area contributed by atoms with Gasteiger partial charge < -0.3 is 15.1 Å². The van der Waals surface area contributed by atoms with Crippen LogP contribution in [0.3, 0.4) is 0 Å². The molecule has 0 aromatic heterocycles. The van der Waals surface area contributed by atoms with Gasteiger partial charge in [-0.05, 0) is 51.7 Å². The van der Waals surface area contributed by atoms with Gasteiger partial charge in [0.15, 0.2) is 0 Å². The molecular weight excluding hydrogens is 202 g/mol. The average Bonchev–Trinajstić information content (AvgIpc) is 2.57. The fourth-order valence-electron chi connectivity index (χ4n) is 3.11. The molecule has 0 spiro atoms. The summed E-state index contributed by atoms with van der Waals surface area (Å²) in [6.45, 7) is 5.47. The zero-order chi connectivity index (χ0) is 11.6. The van der Waals surface area contributed by atoms with Crippen LogP contribution >= 0.6 is 0 Å². The summed E-state index contributed by atoms with van der Waals surface area (Å²) in [6.07, 6.45) is 5.80. The summed E-state index contributed by atoms with van der Waals surface area (Å²) >= 11 is 0. The molecule has 2 rings (SSSR count). The lowest BCUT2D eigenvalue weighted by Crippen LogP contribution is -2.40. The second-order valence-corrected chi connectivity index (χ2v) is 5.77. The highest BCUT2D eigenvalue weighted by molar-refractivity contribution is 4.95. The van der Waals surface area contributed by atoms with Crippen molar-refractivity contribution in [3.8, 4) is 0 Å². The molecule has 2 fully saturated rings. The first-order valence-corrected chi connectivity index (χ1v) is 6.71. The molecule has 1 aliphatic carbocycles. The van der Waals surface area contributed by atoms with Gasteiger partial charge in [-0.15, -0.1) is 0 Å². The maximum atomic E-state index is 9.97. The van der Waals surface area contributed by atoms with Gasteiger partial charge in [-0.25, -0.2) is 0 Å². The Bertz CT molecular complexity index is 216. The third-order valence-corrected chi connectivity index (χ3v) is 4.65. The smallest absolute Gasteiger partial charge is 0.0619 e. The van der Waals surface area contributed by atoms with Crippen LogP contribution in [0.2, 0.25) is 0 Å². The topological polar surface area (TPSA) is 43.7 Å². The van der Waals surface area contributed by atoms with Crippen molar-refractivity contribution < 1.29 is 10.2 Å². The van der Waals surface area contributed by atoms with E-state index in [1.54, 1.807) is 0 Å². The van der Waals surface area contributed by atoms with Crippen LogP contribution in [0.4, 0.5) is 0 Å². The highest BCUT2D eigenvalue weighted by Crippen LogP contribution is 2.41. The Kier molecular flexibility index (Phi) is 3.88. The van der Waals surface area contributed by atoms with Gasteiger partial charge in [0, 0.05) is 5.41 Å². The van der Waals surface area contributed by atoms with E-state index in [2.05, 4.69) is 4.90 Å². The molecule has 2 N–H and O–H groups in total. The van der Waals surface area contributed by atoms with Gasteiger partial charge in [0.1, 0.15) is 0 Å². The molecule has 0 aromatic carbocycles. The number of nitrogens with zero attached hydrogens (tertiary/aromatic N) is 1. The molecule has 1 heterocycles. The number of aliphatic hydroxyl groups excluding tert-OH is 2. The van der Waals surface area contributed by atoms with E-state index in [0.717, 1.165) is 25.8 Å². The van der Waals surface area contributed by atoms with Crippen molar-refractivity contribution >= 4 is 0 Å². The predicted molar refractivity (Wildman–Crippen MR) is 64.3 cm³/mol. The molecule has 2 unspecified atom stereocenters. The van der Waals surface area contributed by atoms with Crippen LogP contribution in [-0.2, 0) is 0 Å². The summed E-state index contributed by atoms with van der Waals surface area (Å²) in [6, 6.07) is 0. The Balaban J connectivity index is 1.83. The van der Waals surface area contributed by atoms with Crippen LogP contribution in [-0.4, -0.2) is 47.0 Å². The van der Waals surface area contributed by atoms with Crippen molar-refractivity contribution in [2.75, 3.05) is 19.6 Å². The van der Waals surface area contributed by atoms with Crippen LogP contribution in [0.5, 0.6) is 0 Å². The fourth-order valence-corrected chi connectivity index (χ4v) is 3.11. The second kappa shape index (κ2) is 5.03. The van der Waals surface area contributed by atoms with E-state index in [4.69, 9.17) is 0 Å². The molecule has 0 aromatic rings. The minimum absolute atomic E-state index is 0.266. The van der Waals surface area contributed by atoms with Gasteiger partial charge in [0.25, 0.3) is 0 Å². The van der Waals surface area contributed by atoms with Crippen LogP contribution in [0.25, 0.3) is 0 Å². The van der Waals surface area contributed by atoms with Gasteiger partial charge in [0.2, 0.25) is 0 Å². The van der Waals surface area contributed by atoms with E-state index in [-0.39, 0.29) is 17.6 Å². The van der Waals surface area contributed by atoms with Gasteiger partial charge in [-0.3, -0.25) is 0 Å². The number of piperidine rings is 1. The zero-order valence-electron chi connectivity index (χ0n) is 10.4. The number of aliphatic hydroxyl groups is 2. The Morgan fingerprint density at radius 3 is 2.19 bits per heavy atom. The number of rotatable bonds is 3. The van der Waals surface area contributed by atoms with Crippen LogP contribution < -0.4 is 0 Å². The van der Waals surface area contributed by atoms with Crippen molar-refractivity contribution in [3.05, 3.63) is 0 Å². The predicted octanol–water partition coefficient (Wildman–Crippen LogP) is 1.38. The van der Waals surface area contributed by atoms with E-state index in [1.165, 1.54) is 32.4 Å². The Morgan fingerprint density at radius 2 is 1.62 bits per heavy atom. The summed E-state index contributed by atoms with van der Waals surface area (Å²) in [7, 11) is 0. The molecule has 2 atom stereocenters. The molecule has 2 aliphatic rings. The molecule has 3 heteroatoms. The van der Waals surface area contributed by atoms with Crippen molar-refractivity contribution in [3.63, 3.8) is 0 Å². The lowest BCUT2D eigenvalue weighted by molar-refractivity contribution is -0.0228. The molecular formula is C13H25NO2. The monoisotopic (exact) mass is 227 g/mol. The van der Waals surface area contributed by atoms with Crippen LogP contribution in [0.1, 0.15) is 45.4 Å². The van der Waals surface area contributed by atoms with E-state index >= 15 is 0 Å². The Morgan fingerprint density at radius 1 is 1.06 bits per heavy atom. The van der Waals surface area contributed by atoms with Crippen molar-refractivity contribution in [2.45, 2.75) is 57.7 Å². The quantitative estimate of drug-likeness (QED) is 0.765. The fraction of sp³-hybridized carbons (Fsp3) is 1.00. The van der Waals surface area contributed by atoms with Crippen LogP contribution in [0.15, 0.2) is 0 Å². The number of hydrogen-bond donors (Lipinski definition) is 2. The van der Waals surface area contributed by atoms with Crippen LogP contribution in [0, 0.1) is 5.41 Å². The SMILES string of the molecule is CC1(CCN2CCCCC2)C(O)CCC1O. The van der Waals surface area contributed by atoms with E-state index in [0.29, 0.717) is 0 Å². The van der Waals surface area contributed by atoms with Crippen molar-refractivity contribution in [2.24, 2.45) is 5.41 Å². The zero-order valence-corrected chi connectivity index (χ0v) is 10.4. The maximum Gasteiger partial charge on any atom is 0.0619 e. The van der Waals surface area contributed by atoms with E-state index in [9.17, 15) is 10.2 Å². The molecule has 0 radical (unpaired) electrons. The molecule has 1 aliphatic heterocycles. The van der Waals surface area contributed by atoms with Gasteiger partial charge in [-0.2, -0.15) is 0 Å². The first-order chi connectivity index (χ1) is 7.63. The van der Waals surface area contributed by atoms with Gasteiger partial charge in [-0.1, -0.05) is 13.3 Å². The molecule has 1 saturated carbocycles. The Hall–Kier alpha value is -0.120. The lowest BCUT2D eigenvalue weighted by atomic mass is 9.81. The third-order valence-electron chi connectivity index (χ3n) is 4.65. The first-order valence-electron chi connectivity index (χ1n) is 6.71. The number of hydrogen-bond acceptors (Lipinski definition) is 3. The van der Waals surface area contributed by atoms with E-state index in [1.807, 2.05) is 6.92 Å². The second-order valence-electron chi connectivity index (χ2n) is 5.77. The summed E-state index contributed by atoms with van der Waals surface area (Å²) in [5.74, 6) is 0. The summed E-state index contributed by atoms with van der Waals surface area (Å²) in [5, 5.41) is 19.9. The highest BCUT2D eigenvalue weighted by atomic mass is 16.3. The minimum atomic E-state index is -0.313. The van der Waals surface area contributed by atoms with Crippen molar-refractivity contribution in [1.82, 2.24) is 4.90 Å². The maximum absolute atomic E-state index is 9.97. The molecule has 0 bridgehead atoms. The first kappa shape index (κ1) is 12.3. The van der Waals surface area contributed by atoms with Gasteiger partial charge in [0.05, 0.1) is 12.2 Å². The summed E-state index contributed by atoms with van der Waals surface area (Å²) < 4.78 is 0. The molecule has 16 heavy (non-hydrogen) atoms. The average molecular weight is 227 g/mol. The van der Waals surface area contributed by atoms with Crippen molar-refractivity contribution in [1.29, 1.82) is 0 Å².